The highest BCUT2D eigenvalue weighted by Crippen LogP contribution is 2.48. The molecule has 0 aliphatic heterocycles. The molecule has 0 radical (unpaired) electrons. The Hall–Kier alpha value is -6.62. The Bertz CT molecular complexity index is 3110. The van der Waals surface area contributed by atoms with Gasteiger partial charge in [-0.1, -0.05) is 115 Å². The molecule has 0 fully saturated rings. The lowest BCUT2D eigenvalue weighted by molar-refractivity contribution is 0.669. The summed E-state index contributed by atoms with van der Waals surface area (Å²) in [6, 6.07) is 65.5. The third-order valence-electron chi connectivity index (χ3n) is 10.4. The number of furan rings is 1. The van der Waals surface area contributed by atoms with E-state index >= 15 is 0 Å². The van der Waals surface area contributed by atoms with Gasteiger partial charge in [0.25, 0.3) is 0 Å². The molecule has 11 aromatic rings. The average molecular weight is 683 g/mol. The van der Waals surface area contributed by atoms with Crippen LogP contribution in [0.5, 0.6) is 0 Å². The summed E-state index contributed by atoms with van der Waals surface area (Å²) in [6.45, 7) is 0. The summed E-state index contributed by atoms with van der Waals surface area (Å²) in [5.74, 6) is 0. The van der Waals surface area contributed by atoms with E-state index in [-0.39, 0.29) is 0 Å². The zero-order valence-electron chi connectivity index (χ0n) is 28.0. The lowest BCUT2D eigenvalue weighted by Gasteiger charge is -2.28. The largest absolute Gasteiger partial charge is 0.456 e. The third kappa shape index (κ3) is 4.38. The molecule has 0 saturated heterocycles. The molecule has 0 amide bonds. The Kier molecular flexibility index (Phi) is 6.42. The van der Waals surface area contributed by atoms with Gasteiger partial charge in [-0.25, -0.2) is 0 Å². The van der Waals surface area contributed by atoms with Gasteiger partial charge in [-0.05, 0) is 66.2 Å². The highest BCUT2D eigenvalue weighted by atomic mass is 32.1. The summed E-state index contributed by atoms with van der Waals surface area (Å²) in [7, 11) is 0. The number of nitrogens with zero attached hydrogens (tertiary/aromatic N) is 2. The van der Waals surface area contributed by atoms with Crippen molar-refractivity contribution in [2.24, 2.45) is 0 Å². The molecule has 244 valence electrons. The van der Waals surface area contributed by atoms with E-state index in [2.05, 4.69) is 179 Å². The van der Waals surface area contributed by atoms with Crippen LogP contribution < -0.4 is 4.90 Å². The lowest BCUT2D eigenvalue weighted by atomic mass is 10.0. The van der Waals surface area contributed by atoms with Crippen LogP contribution in [-0.2, 0) is 0 Å². The maximum absolute atomic E-state index is 6.47. The van der Waals surface area contributed by atoms with Gasteiger partial charge in [0.05, 0.1) is 27.1 Å². The SMILES string of the molecule is c1cc(-c2ccccc2N(c2ccc3c(c2)oc2ccccc23)c2cccc3c2sc2ccccc23)cc(-n2c3ccccc3c3ccccc32)c1. The zero-order valence-corrected chi connectivity index (χ0v) is 28.8. The molecule has 4 heteroatoms. The summed E-state index contributed by atoms with van der Waals surface area (Å²) in [5.41, 5.74) is 10.9. The maximum Gasteiger partial charge on any atom is 0.137 e. The predicted octanol–water partition coefficient (Wildman–Crippen LogP) is 14.2. The fourth-order valence-electron chi connectivity index (χ4n) is 8.10. The number of para-hydroxylation sites is 4. The Morgan fingerprint density at radius 2 is 1.08 bits per heavy atom. The van der Waals surface area contributed by atoms with Crippen LogP contribution in [0.3, 0.4) is 0 Å². The smallest absolute Gasteiger partial charge is 0.137 e. The molecule has 0 atom stereocenters. The molecule has 8 aromatic carbocycles. The average Bonchev–Trinajstić information content (AvgIpc) is 3.88. The Morgan fingerprint density at radius 3 is 1.92 bits per heavy atom. The Morgan fingerprint density at radius 1 is 0.442 bits per heavy atom. The number of hydrogen-bond donors (Lipinski definition) is 0. The van der Waals surface area contributed by atoms with Crippen molar-refractivity contribution in [1.82, 2.24) is 4.57 Å². The second-order valence-electron chi connectivity index (χ2n) is 13.3. The van der Waals surface area contributed by atoms with Crippen LogP contribution >= 0.6 is 11.3 Å². The fourth-order valence-corrected chi connectivity index (χ4v) is 9.30. The summed E-state index contributed by atoms with van der Waals surface area (Å²) in [5, 5.41) is 7.30. The zero-order chi connectivity index (χ0) is 34.2. The summed E-state index contributed by atoms with van der Waals surface area (Å²) in [6.07, 6.45) is 0. The highest BCUT2D eigenvalue weighted by Gasteiger charge is 2.22. The highest BCUT2D eigenvalue weighted by molar-refractivity contribution is 7.26. The van der Waals surface area contributed by atoms with Crippen LogP contribution in [0.15, 0.2) is 186 Å². The molecule has 0 spiro atoms. The molecule has 3 heterocycles. The summed E-state index contributed by atoms with van der Waals surface area (Å²) >= 11 is 1.85. The van der Waals surface area contributed by atoms with Gasteiger partial charge in [-0.2, -0.15) is 0 Å². The van der Waals surface area contributed by atoms with Gasteiger partial charge in [0.15, 0.2) is 0 Å². The molecule has 11 rings (SSSR count). The number of anilines is 3. The van der Waals surface area contributed by atoms with E-state index in [1.807, 2.05) is 23.5 Å². The summed E-state index contributed by atoms with van der Waals surface area (Å²) in [4.78, 5) is 2.42. The van der Waals surface area contributed by atoms with Crippen LogP contribution in [-0.4, -0.2) is 4.57 Å². The normalized spacial score (nSPS) is 11.8. The lowest BCUT2D eigenvalue weighted by Crippen LogP contribution is -2.11. The monoisotopic (exact) mass is 682 g/mol. The van der Waals surface area contributed by atoms with Crippen molar-refractivity contribution < 1.29 is 4.42 Å². The van der Waals surface area contributed by atoms with Crippen molar-refractivity contribution in [3.63, 3.8) is 0 Å². The van der Waals surface area contributed by atoms with Gasteiger partial charge in [-0.3, -0.25) is 0 Å². The molecule has 0 N–H and O–H groups in total. The molecule has 0 saturated carbocycles. The van der Waals surface area contributed by atoms with Crippen LogP contribution in [0, 0.1) is 0 Å². The molecular weight excluding hydrogens is 653 g/mol. The molecule has 0 aliphatic carbocycles. The number of rotatable bonds is 5. The van der Waals surface area contributed by atoms with E-state index in [1.165, 1.54) is 42.0 Å². The Balaban J connectivity index is 1.16. The van der Waals surface area contributed by atoms with E-state index in [0.717, 1.165) is 55.8 Å². The van der Waals surface area contributed by atoms with Crippen molar-refractivity contribution >= 4 is 92.3 Å². The first-order valence-electron chi connectivity index (χ1n) is 17.6. The van der Waals surface area contributed by atoms with Gasteiger partial charge >= 0.3 is 0 Å². The first kappa shape index (κ1) is 29.1. The molecule has 0 aliphatic rings. The number of fused-ring (bicyclic) bond motifs is 9. The van der Waals surface area contributed by atoms with E-state index in [1.54, 1.807) is 0 Å². The first-order valence-corrected chi connectivity index (χ1v) is 18.4. The quantitative estimate of drug-likeness (QED) is 0.180. The van der Waals surface area contributed by atoms with Crippen molar-refractivity contribution in [2.75, 3.05) is 4.90 Å². The molecule has 0 unspecified atom stereocenters. The number of thiophene rings is 1. The maximum atomic E-state index is 6.47. The van der Waals surface area contributed by atoms with Crippen molar-refractivity contribution in [3.05, 3.63) is 182 Å². The van der Waals surface area contributed by atoms with Crippen LogP contribution in [0.1, 0.15) is 0 Å². The topological polar surface area (TPSA) is 21.3 Å². The molecule has 52 heavy (non-hydrogen) atoms. The van der Waals surface area contributed by atoms with Gasteiger partial charge in [0.1, 0.15) is 11.2 Å². The van der Waals surface area contributed by atoms with Crippen molar-refractivity contribution in [2.45, 2.75) is 0 Å². The first-order chi connectivity index (χ1) is 25.8. The third-order valence-corrected chi connectivity index (χ3v) is 11.6. The second kappa shape index (κ2) is 11.5. The van der Waals surface area contributed by atoms with Gasteiger partial charge < -0.3 is 13.9 Å². The van der Waals surface area contributed by atoms with Gasteiger partial charge in [0, 0.05) is 60.0 Å². The molecule has 3 aromatic heterocycles. The Labute approximate surface area is 303 Å². The molecular formula is C48H30N2OS. The van der Waals surface area contributed by atoms with E-state index in [0.29, 0.717) is 0 Å². The summed E-state index contributed by atoms with van der Waals surface area (Å²) < 4.78 is 11.4. The minimum absolute atomic E-state index is 0.873. The minimum Gasteiger partial charge on any atom is -0.456 e. The number of hydrogen-bond acceptors (Lipinski definition) is 3. The minimum atomic E-state index is 0.873. The van der Waals surface area contributed by atoms with E-state index in [4.69, 9.17) is 4.42 Å². The van der Waals surface area contributed by atoms with Crippen LogP contribution in [0.4, 0.5) is 17.1 Å². The van der Waals surface area contributed by atoms with E-state index in [9.17, 15) is 0 Å². The van der Waals surface area contributed by atoms with Gasteiger partial charge in [0.2, 0.25) is 0 Å². The number of aromatic nitrogens is 1. The predicted molar refractivity (Wildman–Crippen MR) is 221 cm³/mol. The van der Waals surface area contributed by atoms with Crippen molar-refractivity contribution in [1.29, 1.82) is 0 Å². The molecule has 0 bridgehead atoms. The van der Waals surface area contributed by atoms with Crippen LogP contribution in [0.2, 0.25) is 0 Å². The number of benzene rings is 8. The second-order valence-corrected chi connectivity index (χ2v) is 14.4. The fraction of sp³-hybridized carbons (Fsp3) is 0. The van der Waals surface area contributed by atoms with E-state index < -0.39 is 0 Å². The van der Waals surface area contributed by atoms with Gasteiger partial charge in [-0.15, -0.1) is 11.3 Å². The molecule has 3 nitrogen and oxygen atoms in total. The standard InChI is InChI=1S/C48H30N2OS/c1-6-21-41(34(15-1)31-13-11-14-32(29-31)49-42-22-7-2-16-35(42)36-17-3-8-23-43(36)49)50(33-27-28-38-37-18-4-9-25-45(37)51-46(38)30-33)44-24-12-20-40-39-19-5-10-26-47(39)52-48(40)44/h1-30H. The van der Waals surface area contributed by atoms with Crippen molar-refractivity contribution in [3.8, 4) is 16.8 Å². The van der Waals surface area contributed by atoms with Crippen LogP contribution in [0.25, 0.3) is 80.7 Å².